The first-order valence-electron chi connectivity index (χ1n) is 9.54. The summed E-state index contributed by atoms with van der Waals surface area (Å²) in [5.74, 6) is -0.916. The standard InChI is InChI=1S/C20H29BrN2O4/c1-3-23(16-7-5-4-6-8-16)13-15-11-17(19(22)18(21)12-15)20(25)27-10-9-26-14(2)24/h11-12,16H,3-10,13,22H2,1-2H3. The molecule has 0 spiro atoms. The zero-order valence-corrected chi connectivity index (χ0v) is 17.7. The van der Waals surface area contributed by atoms with Crippen molar-refractivity contribution in [3.63, 3.8) is 0 Å². The molecule has 0 aliphatic heterocycles. The molecular weight excluding hydrogens is 412 g/mol. The van der Waals surface area contributed by atoms with Gasteiger partial charge in [-0.2, -0.15) is 0 Å². The highest BCUT2D eigenvalue weighted by Gasteiger charge is 2.21. The summed E-state index contributed by atoms with van der Waals surface area (Å²) in [7, 11) is 0. The lowest BCUT2D eigenvalue weighted by atomic mass is 9.93. The van der Waals surface area contributed by atoms with Crippen LogP contribution in [0.15, 0.2) is 16.6 Å². The maximum Gasteiger partial charge on any atom is 0.340 e. The average molecular weight is 441 g/mol. The number of anilines is 1. The number of nitrogens with two attached hydrogens (primary N) is 1. The van der Waals surface area contributed by atoms with E-state index in [4.69, 9.17) is 15.2 Å². The van der Waals surface area contributed by atoms with Crippen LogP contribution in [0.3, 0.4) is 0 Å². The van der Waals surface area contributed by atoms with E-state index in [0.29, 0.717) is 21.8 Å². The predicted octanol–water partition coefficient (Wildman–Crippen LogP) is 3.91. The fourth-order valence-corrected chi connectivity index (χ4v) is 4.02. The first kappa shape index (κ1) is 21.7. The molecule has 1 fully saturated rings. The van der Waals surface area contributed by atoms with E-state index in [9.17, 15) is 9.59 Å². The molecule has 1 aromatic rings. The van der Waals surface area contributed by atoms with Crippen molar-refractivity contribution < 1.29 is 19.1 Å². The lowest BCUT2D eigenvalue weighted by Crippen LogP contribution is -2.36. The Kier molecular flexibility index (Phi) is 8.57. The average Bonchev–Trinajstić information content (AvgIpc) is 2.66. The van der Waals surface area contributed by atoms with Gasteiger partial charge in [-0.25, -0.2) is 4.79 Å². The van der Waals surface area contributed by atoms with E-state index < -0.39 is 11.9 Å². The monoisotopic (exact) mass is 440 g/mol. The number of nitrogens with zero attached hydrogens (tertiary/aromatic N) is 1. The Labute approximate surface area is 169 Å². The number of halogens is 1. The molecule has 1 saturated carbocycles. The van der Waals surface area contributed by atoms with E-state index in [1.54, 1.807) is 6.07 Å². The summed E-state index contributed by atoms with van der Waals surface area (Å²) in [5.41, 5.74) is 7.78. The Balaban J connectivity index is 2.07. The molecule has 0 bridgehead atoms. The van der Waals surface area contributed by atoms with Gasteiger partial charge >= 0.3 is 11.9 Å². The minimum atomic E-state index is -0.511. The van der Waals surface area contributed by atoms with Gasteiger partial charge in [-0.3, -0.25) is 9.69 Å². The molecule has 2 N–H and O–H groups in total. The molecule has 150 valence electrons. The van der Waals surface area contributed by atoms with Crippen LogP contribution in [0.5, 0.6) is 0 Å². The quantitative estimate of drug-likeness (QED) is 0.374. The first-order valence-corrected chi connectivity index (χ1v) is 10.3. The van der Waals surface area contributed by atoms with Crippen molar-refractivity contribution in [3.05, 3.63) is 27.7 Å². The second-order valence-corrected chi connectivity index (χ2v) is 7.72. The zero-order chi connectivity index (χ0) is 19.8. The molecular formula is C20H29BrN2O4. The second-order valence-electron chi connectivity index (χ2n) is 6.87. The van der Waals surface area contributed by atoms with Crippen molar-refractivity contribution in [3.8, 4) is 0 Å². The Bertz CT molecular complexity index is 660. The lowest BCUT2D eigenvalue weighted by Gasteiger charge is -2.33. The number of hydrogen-bond acceptors (Lipinski definition) is 6. The third-order valence-electron chi connectivity index (χ3n) is 4.91. The van der Waals surface area contributed by atoms with Gasteiger partial charge in [0, 0.05) is 24.0 Å². The number of nitrogen functional groups attached to an aromatic ring is 1. The van der Waals surface area contributed by atoms with Crippen LogP contribution in [0, 0.1) is 0 Å². The van der Waals surface area contributed by atoms with Crippen molar-refractivity contribution in [1.82, 2.24) is 4.90 Å². The molecule has 1 aliphatic carbocycles. The van der Waals surface area contributed by atoms with Crippen LogP contribution >= 0.6 is 15.9 Å². The van der Waals surface area contributed by atoms with Gasteiger partial charge in [0.1, 0.15) is 13.2 Å². The van der Waals surface area contributed by atoms with Crippen molar-refractivity contribution in [1.29, 1.82) is 0 Å². The van der Waals surface area contributed by atoms with Crippen LogP contribution in [0.1, 0.15) is 61.9 Å². The summed E-state index contributed by atoms with van der Waals surface area (Å²) in [5, 5.41) is 0. The van der Waals surface area contributed by atoms with Crippen molar-refractivity contribution >= 4 is 33.6 Å². The van der Waals surface area contributed by atoms with Crippen LogP contribution < -0.4 is 5.73 Å². The van der Waals surface area contributed by atoms with Crippen molar-refractivity contribution in [2.24, 2.45) is 0 Å². The van der Waals surface area contributed by atoms with Gasteiger partial charge in [-0.05, 0) is 53.0 Å². The second kappa shape index (κ2) is 10.7. The largest absolute Gasteiger partial charge is 0.462 e. The highest BCUT2D eigenvalue weighted by Crippen LogP contribution is 2.29. The highest BCUT2D eigenvalue weighted by atomic mass is 79.9. The normalized spacial score (nSPS) is 15.0. The van der Waals surface area contributed by atoms with Gasteiger partial charge in [0.25, 0.3) is 0 Å². The number of carbonyl (C=O) groups excluding carboxylic acids is 2. The van der Waals surface area contributed by atoms with Crippen LogP contribution in [-0.4, -0.2) is 42.6 Å². The summed E-state index contributed by atoms with van der Waals surface area (Å²) in [6.45, 7) is 5.26. The van der Waals surface area contributed by atoms with E-state index >= 15 is 0 Å². The van der Waals surface area contributed by atoms with E-state index in [1.165, 1.54) is 39.0 Å². The number of rotatable bonds is 8. The number of esters is 2. The van der Waals surface area contributed by atoms with Crippen molar-refractivity contribution in [2.75, 3.05) is 25.5 Å². The molecule has 6 nitrogen and oxygen atoms in total. The Hall–Kier alpha value is -1.60. The van der Waals surface area contributed by atoms with Gasteiger partial charge in [0.15, 0.2) is 0 Å². The molecule has 1 aliphatic rings. The fourth-order valence-electron chi connectivity index (χ4n) is 3.51. The van der Waals surface area contributed by atoms with Crippen molar-refractivity contribution in [2.45, 2.75) is 58.5 Å². The van der Waals surface area contributed by atoms with Crippen LogP contribution in [-0.2, 0) is 20.8 Å². The molecule has 0 heterocycles. The minimum Gasteiger partial charge on any atom is -0.462 e. The molecule has 0 atom stereocenters. The Morgan fingerprint density at radius 3 is 2.48 bits per heavy atom. The molecule has 27 heavy (non-hydrogen) atoms. The molecule has 1 aromatic carbocycles. The highest BCUT2D eigenvalue weighted by molar-refractivity contribution is 9.10. The molecule has 2 rings (SSSR count). The van der Waals surface area contributed by atoms with Gasteiger partial charge in [0.2, 0.25) is 0 Å². The number of ether oxygens (including phenoxy) is 2. The molecule has 0 unspecified atom stereocenters. The molecule has 0 radical (unpaired) electrons. The Morgan fingerprint density at radius 2 is 1.85 bits per heavy atom. The predicted molar refractivity (Wildman–Crippen MR) is 108 cm³/mol. The maximum atomic E-state index is 12.4. The first-order chi connectivity index (χ1) is 12.9. The van der Waals surface area contributed by atoms with Gasteiger partial charge in [-0.15, -0.1) is 0 Å². The molecule has 0 saturated heterocycles. The summed E-state index contributed by atoms with van der Waals surface area (Å²) >= 11 is 3.45. The van der Waals surface area contributed by atoms with Gasteiger partial charge in [-0.1, -0.05) is 26.2 Å². The fraction of sp³-hybridized carbons (Fsp3) is 0.600. The molecule has 7 heteroatoms. The van der Waals surface area contributed by atoms with E-state index in [2.05, 4.69) is 27.8 Å². The third kappa shape index (κ3) is 6.50. The van der Waals surface area contributed by atoms with Crippen LogP contribution in [0.25, 0.3) is 0 Å². The van der Waals surface area contributed by atoms with E-state index in [0.717, 1.165) is 18.7 Å². The number of benzene rings is 1. The number of hydrogen-bond donors (Lipinski definition) is 1. The summed E-state index contributed by atoms with van der Waals surface area (Å²) < 4.78 is 10.6. The zero-order valence-electron chi connectivity index (χ0n) is 16.1. The van der Waals surface area contributed by atoms with E-state index in [-0.39, 0.29) is 13.2 Å². The summed E-state index contributed by atoms with van der Waals surface area (Å²) in [6.07, 6.45) is 6.36. The summed E-state index contributed by atoms with van der Waals surface area (Å²) in [6, 6.07) is 4.37. The van der Waals surface area contributed by atoms with Crippen LogP contribution in [0.2, 0.25) is 0 Å². The maximum absolute atomic E-state index is 12.4. The number of carbonyl (C=O) groups is 2. The van der Waals surface area contributed by atoms with E-state index in [1.807, 2.05) is 6.07 Å². The third-order valence-corrected chi connectivity index (χ3v) is 5.57. The SMILES string of the molecule is CCN(Cc1cc(Br)c(N)c(C(=O)OCCOC(C)=O)c1)C1CCCCC1. The minimum absolute atomic E-state index is 0.00284. The molecule has 0 aromatic heterocycles. The lowest BCUT2D eigenvalue weighted by molar-refractivity contribution is -0.142. The van der Waals surface area contributed by atoms with Crippen LogP contribution in [0.4, 0.5) is 5.69 Å². The smallest absolute Gasteiger partial charge is 0.340 e. The van der Waals surface area contributed by atoms with Gasteiger partial charge in [0.05, 0.1) is 11.3 Å². The Morgan fingerprint density at radius 1 is 1.19 bits per heavy atom. The topological polar surface area (TPSA) is 81.9 Å². The molecule has 0 amide bonds. The van der Waals surface area contributed by atoms with Gasteiger partial charge < -0.3 is 15.2 Å². The summed E-state index contributed by atoms with van der Waals surface area (Å²) in [4.78, 5) is 25.6.